The predicted molar refractivity (Wildman–Crippen MR) is 104 cm³/mol. The van der Waals surface area contributed by atoms with Crippen LogP contribution < -0.4 is 4.74 Å². The van der Waals surface area contributed by atoms with E-state index in [0.717, 1.165) is 31.4 Å². The number of benzene rings is 2. The Bertz CT molecular complexity index is 774. The van der Waals surface area contributed by atoms with Gasteiger partial charge in [-0.3, -0.25) is 4.98 Å². The maximum Gasteiger partial charge on any atom is 0.118 e. The van der Waals surface area contributed by atoms with Crippen molar-refractivity contribution in [1.29, 1.82) is 0 Å². The van der Waals surface area contributed by atoms with Gasteiger partial charge in [0.1, 0.15) is 5.75 Å². The van der Waals surface area contributed by atoms with Crippen LogP contribution in [0.1, 0.15) is 30.2 Å². The smallest absolute Gasteiger partial charge is 0.118 e. The Balaban J connectivity index is 1.60. The van der Waals surface area contributed by atoms with Crippen molar-refractivity contribution < 1.29 is 4.74 Å². The van der Waals surface area contributed by atoms with Gasteiger partial charge < -0.3 is 4.74 Å². The second kappa shape index (κ2) is 8.48. The molecule has 1 aromatic heterocycles. The molecule has 0 amide bonds. The highest BCUT2D eigenvalue weighted by molar-refractivity contribution is 5.64. The second-order valence-corrected chi connectivity index (χ2v) is 6.33. The van der Waals surface area contributed by atoms with E-state index in [2.05, 4.69) is 60.4 Å². The van der Waals surface area contributed by atoms with E-state index in [-0.39, 0.29) is 0 Å². The summed E-state index contributed by atoms with van der Waals surface area (Å²) in [7, 11) is 1.69. The zero-order valence-electron chi connectivity index (χ0n) is 15.0. The molecule has 0 saturated carbocycles. The molecule has 0 aliphatic rings. The van der Waals surface area contributed by atoms with Crippen molar-refractivity contribution in [2.24, 2.45) is 0 Å². The topological polar surface area (TPSA) is 22.1 Å². The normalized spacial score (nSPS) is 10.6. The first-order chi connectivity index (χ1) is 12.3. The minimum Gasteiger partial charge on any atom is -0.497 e. The summed E-state index contributed by atoms with van der Waals surface area (Å²) >= 11 is 0. The van der Waals surface area contributed by atoms with Gasteiger partial charge in [0.25, 0.3) is 0 Å². The molecule has 1 heterocycles. The Morgan fingerprint density at radius 3 is 1.88 bits per heavy atom. The molecule has 25 heavy (non-hydrogen) atoms. The molecule has 128 valence electrons. The number of methoxy groups -OCH3 is 1. The lowest BCUT2D eigenvalue weighted by Crippen LogP contribution is -1.95. The summed E-state index contributed by atoms with van der Waals surface area (Å²) in [5.74, 6) is 0.888. The summed E-state index contributed by atoms with van der Waals surface area (Å²) in [5, 5.41) is 0. The fourth-order valence-corrected chi connectivity index (χ4v) is 2.94. The van der Waals surface area contributed by atoms with Gasteiger partial charge in [-0.1, -0.05) is 55.8 Å². The van der Waals surface area contributed by atoms with Gasteiger partial charge >= 0.3 is 0 Å². The number of hydrogen-bond acceptors (Lipinski definition) is 2. The molecule has 0 bridgehead atoms. The maximum atomic E-state index is 5.21. The van der Waals surface area contributed by atoms with E-state index in [1.807, 2.05) is 18.3 Å². The van der Waals surface area contributed by atoms with Crippen LogP contribution in [0, 0.1) is 0 Å². The number of aryl methyl sites for hydroxylation is 3. The summed E-state index contributed by atoms with van der Waals surface area (Å²) in [6, 6.07) is 21.4. The van der Waals surface area contributed by atoms with Crippen molar-refractivity contribution in [3.05, 3.63) is 83.7 Å². The fourth-order valence-electron chi connectivity index (χ4n) is 2.94. The number of pyridine rings is 1. The Hall–Kier alpha value is -2.61. The van der Waals surface area contributed by atoms with E-state index in [4.69, 9.17) is 4.74 Å². The van der Waals surface area contributed by atoms with E-state index in [9.17, 15) is 0 Å². The van der Waals surface area contributed by atoms with Gasteiger partial charge in [0.05, 0.1) is 7.11 Å². The van der Waals surface area contributed by atoms with Crippen LogP contribution in [0.2, 0.25) is 0 Å². The van der Waals surface area contributed by atoms with Crippen LogP contribution in [0.15, 0.2) is 66.9 Å². The monoisotopic (exact) mass is 331 g/mol. The maximum absolute atomic E-state index is 5.21. The molecule has 2 aromatic carbocycles. The van der Waals surface area contributed by atoms with Crippen molar-refractivity contribution in [2.45, 2.75) is 32.6 Å². The average Bonchev–Trinajstić information content (AvgIpc) is 2.68. The van der Waals surface area contributed by atoms with Gasteiger partial charge in [-0.15, -0.1) is 0 Å². The molecule has 0 aliphatic carbocycles. The average molecular weight is 331 g/mol. The van der Waals surface area contributed by atoms with Crippen LogP contribution in [0.3, 0.4) is 0 Å². The Labute approximate surface area is 150 Å². The van der Waals surface area contributed by atoms with Gasteiger partial charge in [0.15, 0.2) is 0 Å². The number of ether oxygens (including phenoxy) is 1. The molecule has 0 unspecified atom stereocenters. The van der Waals surface area contributed by atoms with E-state index in [0.29, 0.717) is 0 Å². The molecule has 2 heteroatoms. The van der Waals surface area contributed by atoms with Crippen LogP contribution in [-0.2, 0) is 19.3 Å². The van der Waals surface area contributed by atoms with Crippen LogP contribution in [-0.4, -0.2) is 12.1 Å². The van der Waals surface area contributed by atoms with Gasteiger partial charge in [-0.2, -0.15) is 0 Å². The van der Waals surface area contributed by atoms with Gasteiger partial charge in [0, 0.05) is 11.9 Å². The zero-order chi connectivity index (χ0) is 17.5. The highest BCUT2D eigenvalue weighted by atomic mass is 16.5. The van der Waals surface area contributed by atoms with Crippen LogP contribution in [0.4, 0.5) is 0 Å². The van der Waals surface area contributed by atoms with Crippen LogP contribution in [0.25, 0.3) is 11.1 Å². The van der Waals surface area contributed by atoms with Crippen molar-refractivity contribution in [2.75, 3.05) is 7.11 Å². The number of aromatic nitrogens is 1. The predicted octanol–water partition coefficient (Wildman–Crippen LogP) is 5.49. The Kier molecular flexibility index (Phi) is 5.84. The number of nitrogens with zero attached hydrogens (tertiary/aromatic N) is 1. The third kappa shape index (κ3) is 4.69. The molecule has 3 aromatic rings. The molecule has 0 atom stereocenters. The van der Waals surface area contributed by atoms with Crippen molar-refractivity contribution in [3.8, 4) is 16.9 Å². The second-order valence-electron chi connectivity index (χ2n) is 6.33. The zero-order valence-corrected chi connectivity index (χ0v) is 15.0. The van der Waals surface area contributed by atoms with Crippen LogP contribution in [0.5, 0.6) is 5.75 Å². The van der Waals surface area contributed by atoms with Crippen molar-refractivity contribution >= 4 is 0 Å². The molecular formula is C23H25NO. The first kappa shape index (κ1) is 17.2. The molecule has 0 fully saturated rings. The first-order valence-corrected chi connectivity index (χ1v) is 8.95. The standard InChI is InChI=1S/C23H25NO/c1-3-4-22-14-9-19(17-24-22)6-5-18-7-10-20(11-8-18)21-12-15-23(25-2)16-13-21/h7-17H,3-6H2,1-2H3. The lowest BCUT2D eigenvalue weighted by Gasteiger charge is -2.06. The van der Waals surface area contributed by atoms with E-state index >= 15 is 0 Å². The number of rotatable bonds is 7. The summed E-state index contributed by atoms with van der Waals surface area (Å²) in [5.41, 5.74) is 6.30. The third-order valence-electron chi connectivity index (χ3n) is 4.47. The summed E-state index contributed by atoms with van der Waals surface area (Å²) < 4.78 is 5.21. The van der Waals surface area contributed by atoms with E-state index in [1.54, 1.807) is 7.11 Å². The molecule has 2 nitrogen and oxygen atoms in total. The SMILES string of the molecule is CCCc1ccc(CCc2ccc(-c3ccc(OC)cc3)cc2)cn1. The minimum atomic E-state index is 0.888. The molecule has 0 aliphatic heterocycles. The van der Waals surface area contributed by atoms with Crippen molar-refractivity contribution in [3.63, 3.8) is 0 Å². The molecular weight excluding hydrogens is 306 g/mol. The van der Waals surface area contributed by atoms with Gasteiger partial charge in [-0.25, -0.2) is 0 Å². The molecule has 3 rings (SSSR count). The Morgan fingerprint density at radius 1 is 0.720 bits per heavy atom. The largest absolute Gasteiger partial charge is 0.497 e. The highest BCUT2D eigenvalue weighted by Gasteiger charge is 2.01. The minimum absolute atomic E-state index is 0.888. The summed E-state index contributed by atoms with van der Waals surface area (Å²) in [6.07, 6.45) is 6.30. The summed E-state index contributed by atoms with van der Waals surface area (Å²) in [4.78, 5) is 4.54. The third-order valence-corrected chi connectivity index (χ3v) is 4.47. The lowest BCUT2D eigenvalue weighted by atomic mass is 10.0. The van der Waals surface area contributed by atoms with Gasteiger partial charge in [-0.05, 0) is 59.7 Å². The quantitative estimate of drug-likeness (QED) is 0.571. The van der Waals surface area contributed by atoms with E-state index in [1.165, 1.54) is 27.9 Å². The van der Waals surface area contributed by atoms with E-state index < -0.39 is 0 Å². The summed E-state index contributed by atoms with van der Waals surface area (Å²) in [6.45, 7) is 2.19. The van der Waals surface area contributed by atoms with Crippen molar-refractivity contribution in [1.82, 2.24) is 4.98 Å². The molecule has 0 N–H and O–H groups in total. The first-order valence-electron chi connectivity index (χ1n) is 8.95. The Morgan fingerprint density at radius 2 is 1.32 bits per heavy atom. The highest BCUT2D eigenvalue weighted by Crippen LogP contribution is 2.23. The number of hydrogen-bond donors (Lipinski definition) is 0. The van der Waals surface area contributed by atoms with Gasteiger partial charge in [0.2, 0.25) is 0 Å². The fraction of sp³-hybridized carbons (Fsp3) is 0.261. The van der Waals surface area contributed by atoms with Crippen LogP contribution >= 0.6 is 0 Å². The molecule has 0 radical (unpaired) electrons. The molecule has 0 spiro atoms. The lowest BCUT2D eigenvalue weighted by molar-refractivity contribution is 0.415. The molecule has 0 saturated heterocycles.